The van der Waals surface area contributed by atoms with Gasteiger partial charge < -0.3 is 10.1 Å². The first kappa shape index (κ1) is 21.9. The number of rotatable bonds is 6. The van der Waals surface area contributed by atoms with Crippen LogP contribution in [0.1, 0.15) is 11.1 Å². The number of fused-ring (bicyclic) bond motifs is 2. The molecule has 0 radical (unpaired) electrons. The molecule has 0 spiro atoms. The van der Waals surface area contributed by atoms with E-state index >= 15 is 0 Å². The highest BCUT2D eigenvalue weighted by molar-refractivity contribution is 6.12. The van der Waals surface area contributed by atoms with Crippen LogP contribution in [0, 0.1) is 11.3 Å². The predicted molar refractivity (Wildman–Crippen MR) is 141 cm³/mol. The van der Waals surface area contributed by atoms with E-state index in [1.54, 1.807) is 6.08 Å². The summed E-state index contributed by atoms with van der Waals surface area (Å²) in [4.78, 5) is 12.8. The zero-order valence-corrected chi connectivity index (χ0v) is 18.9. The van der Waals surface area contributed by atoms with Crippen molar-refractivity contribution in [1.82, 2.24) is 0 Å². The van der Waals surface area contributed by atoms with Gasteiger partial charge in [0.05, 0.1) is 0 Å². The van der Waals surface area contributed by atoms with Crippen molar-refractivity contribution in [1.29, 1.82) is 5.26 Å². The van der Waals surface area contributed by atoms with E-state index in [4.69, 9.17) is 4.74 Å². The molecule has 1 N–H and O–H groups in total. The van der Waals surface area contributed by atoms with Crippen LogP contribution < -0.4 is 10.1 Å². The SMILES string of the molecule is N#C/C(=C\c1ccc(OCc2cccc3ccccc23)cc1)C(=O)Nc1cccc2ccccc12. The third kappa shape index (κ3) is 4.90. The lowest BCUT2D eigenvalue weighted by Gasteiger charge is -2.10. The van der Waals surface area contributed by atoms with E-state index in [-0.39, 0.29) is 5.57 Å². The third-order valence-corrected chi connectivity index (χ3v) is 5.87. The molecule has 0 fully saturated rings. The van der Waals surface area contributed by atoms with Crippen LogP contribution in [0.15, 0.2) is 115 Å². The van der Waals surface area contributed by atoms with Crippen molar-refractivity contribution in [2.24, 2.45) is 0 Å². The number of benzene rings is 5. The molecule has 0 aliphatic heterocycles. The molecule has 0 atom stereocenters. The number of amides is 1. The monoisotopic (exact) mass is 454 g/mol. The van der Waals surface area contributed by atoms with Gasteiger partial charge >= 0.3 is 0 Å². The Morgan fingerprint density at radius 2 is 1.40 bits per heavy atom. The first-order chi connectivity index (χ1) is 17.2. The number of nitriles is 1. The van der Waals surface area contributed by atoms with Gasteiger partial charge in [-0.15, -0.1) is 0 Å². The number of carbonyl (C=O) groups excluding carboxylic acids is 1. The number of nitrogens with one attached hydrogen (secondary N) is 1. The predicted octanol–water partition coefficient (Wildman–Crippen LogP) is 7.12. The van der Waals surface area contributed by atoms with Crippen LogP contribution in [0.3, 0.4) is 0 Å². The zero-order chi connectivity index (χ0) is 24.0. The highest BCUT2D eigenvalue weighted by atomic mass is 16.5. The Kier molecular flexibility index (Phi) is 6.23. The molecule has 0 saturated heterocycles. The largest absolute Gasteiger partial charge is 0.489 e. The van der Waals surface area contributed by atoms with Crippen molar-refractivity contribution in [2.45, 2.75) is 6.61 Å². The van der Waals surface area contributed by atoms with E-state index in [9.17, 15) is 10.1 Å². The second kappa shape index (κ2) is 9.94. The molecule has 4 heteroatoms. The summed E-state index contributed by atoms with van der Waals surface area (Å²) < 4.78 is 5.99. The van der Waals surface area contributed by atoms with Gasteiger partial charge in [0.1, 0.15) is 24.0 Å². The van der Waals surface area contributed by atoms with Gasteiger partial charge in [-0.25, -0.2) is 0 Å². The molecule has 0 aliphatic rings. The number of hydrogen-bond acceptors (Lipinski definition) is 3. The fourth-order valence-corrected chi connectivity index (χ4v) is 4.08. The average Bonchev–Trinajstić information content (AvgIpc) is 2.91. The fraction of sp³-hybridized carbons (Fsp3) is 0.0323. The summed E-state index contributed by atoms with van der Waals surface area (Å²) in [6, 6.07) is 37.3. The fourth-order valence-electron chi connectivity index (χ4n) is 4.08. The van der Waals surface area contributed by atoms with E-state index in [2.05, 4.69) is 29.6 Å². The minimum Gasteiger partial charge on any atom is -0.489 e. The highest BCUT2D eigenvalue weighted by Gasteiger charge is 2.11. The van der Waals surface area contributed by atoms with Gasteiger partial charge in [0, 0.05) is 11.1 Å². The Balaban J connectivity index is 1.29. The molecule has 168 valence electrons. The summed E-state index contributed by atoms with van der Waals surface area (Å²) in [5, 5.41) is 16.8. The van der Waals surface area contributed by atoms with Crippen molar-refractivity contribution in [3.63, 3.8) is 0 Å². The quantitative estimate of drug-likeness (QED) is 0.219. The second-order valence-corrected chi connectivity index (χ2v) is 8.15. The topological polar surface area (TPSA) is 62.1 Å². The van der Waals surface area contributed by atoms with Crippen LogP contribution in [0.4, 0.5) is 5.69 Å². The van der Waals surface area contributed by atoms with Crippen LogP contribution >= 0.6 is 0 Å². The van der Waals surface area contributed by atoms with Crippen LogP contribution in [0.5, 0.6) is 5.75 Å². The van der Waals surface area contributed by atoms with E-state index < -0.39 is 5.91 Å². The molecular formula is C31H22N2O2. The van der Waals surface area contributed by atoms with E-state index in [1.807, 2.05) is 91.0 Å². The summed E-state index contributed by atoms with van der Waals surface area (Å²) in [6.07, 6.45) is 1.58. The molecule has 0 heterocycles. The Morgan fingerprint density at radius 1 is 0.771 bits per heavy atom. The maximum absolute atomic E-state index is 12.8. The zero-order valence-electron chi connectivity index (χ0n) is 18.9. The van der Waals surface area contributed by atoms with Gasteiger partial charge in [-0.2, -0.15) is 5.26 Å². The summed E-state index contributed by atoms with van der Waals surface area (Å²) in [7, 11) is 0. The molecule has 0 unspecified atom stereocenters. The van der Waals surface area contributed by atoms with Crippen molar-refractivity contribution in [2.75, 3.05) is 5.32 Å². The maximum Gasteiger partial charge on any atom is 0.266 e. The Bertz CT molecular complexity index is 1580. The van der Waals surface area contributed by atoms with Crippen LogP contribution in [0.2, 0.25) is 0 Å². The van der Waals surface area contributed by atoms with Crippen molar-refractivity contribution in [3.05, 3.63) is 126 Å². The Morgan fingerprint density at radius 3 is 2.14 bits per heavy atom. The normalized spacial score (nSPS) is 11.2. The summed E-state index contributed by atoms with van der Waals surface area (Å²) in [6.45, 7) is 0.452. The molecule has 0 saturated carbocycles. The van der Waals surface area contributed by atoms with E-state index in [0.29, 0.717) is 18.0 Å². The molecule has 4 nitrogen and oxygen atoms in total. The highest BCUT2D eigenvalue weighted by Crippen LogP contribution is 2.24. The molecule has 0 bridgehead atoms. The van der Waals surface area contributed by atoms with Crippen LogP contribution in [0.25, 0.3) is 27.6 Å². The van der Waals surface area contributed by atoms with Gasteiger partial charge in [0.2, 0.25) is 0 Å². The summed E-state index contributed by atoms with van der Waals surface area (Å²) in [5.74, 6) is 0.272. The standard InChI is InChI=1S/C31H22N2O2/c32-20-26(31(34)33-30-14-6-10-24-8-2-4-13-29(24)30)19-22-15-17-27(18-16-22)35-21-25-11-5-9-23-7-1-3-12-28(23)25/h1-19H,21H2,(H,33,34)/b26-19+. The first-order valence-corrected chi connectivity index (χ1v) is 11.3. The first-order valence-electron chi connectivity index (χ1n) is 11.3. The lowest BCUT2D eigenvalue weighted by molar-refractivity contribution is -0.112. The van der Waals surface area contributed by atoms with Crippen molar-refractivity contribution in [3.8, 4) is 11.8 Å². The van der Waals surface area contributed by atoms with Gasteiger partial charge in [0.25, 0.3) is 5.91 Å². The number of hydrogen-bond donors (Lipinski definition) is 1. The number of anilines is 1. The molecule has 1 amide bonds. The lowest BCUT2D eigenvalue weighted by Crippen LogP contribution is -2.13. The minimum absolute atomic E-state index is 0.0300. The van der Waals surface area contributed by atoms with Gasteiger partial charge in [-0.05, 0) is 51.6 Å². The molecule has 5 rings (SSSR count). The summed E-state index contributed by atoms with van der Waals surface area (Å²) >= 11 is 0. The smallest absolute Gasteiger partial charge is 0.266 e. The second-order valence-electron chi connectivity index (χ2n) is 8.15. The van der Waals surface area contributed by atoms with Gasteiger partial charge in [-0.3, -0.25) is 4.79 Å². The molecular weight excluding hydrogens is 432 g/mol. The molecule has 35 heavy (non-hydrogen) atoms. The van der Waals surface area contributed by atoms with E-state index in [0.717, 1.165) is 21.9 Å². The van der Waals surface area contributed by atoms with Crippen molar-refractivity contribution < 1.29 is 9.53 Å². The van der Waals surface area contributed by atoms with Crippen LogP contribution in [-0.4, -0.2) is 5.91 Å². The Hall–Kier alpha value is -4.88. The van der Waals surface area contributed by atoms with Gasteiger partial charge in [0.15, 0.2) is 0 Å². The van der Waals surface area contributed by atoms with Crippen LogP contribution in [-0.2, 0) is 11.4 Å². The summed E-state index contributed by atoms with van der Waals surface area (Å²) in [5.41, 5.74) is 2.56. The third-order valence-electron chi connectivity index (χ3n) is 5.87. The number of ether oxygens (including phenoxy) is 1. The van der Waals surface area contributed by atoms with Gasteiger partial charge in [-0.1, -0.05) is 91.0 Å². The average molecular weight is 455 g/mol. The molecule has 0 aliphatic carbocycles. The molecule has 5 aromatic rings. The number of carbonyl (C=O) groups is 1. The maximum atomic E-state index is 12.8. The minimum atomic E-state index is -0.444. The van der Waals surface area contributed by atoms with E-state index in [1.165, 1.54) is 10.8 Å². The Labute approximate surface area is 203 Å². The molecule has 5 aromatic carbocycles. The molecule has 0 aromatic heterocycles. The van der Waals surface area contributed by atoms with Crippen molar-refractivity contribution >= 4 is 39.2 Å². The number of nitrogens with zero attached hydrogens (tertiary/aromatic N) is 1. The lowest BCUT2D eigenvalue weighted by atomic mass is 10.1.